The van der Waals surface area contributed by atoms with E-state index in [0.29, 0.717) is 24.3 Å². The lowest BCUT2D eigenvalue weighted by Gasteiger charge is -2.27. The van der Waals surface area contributed by atoms with Gasteiger partial charge in [-0.05, 0) is 61.3 Å². The molecule has 168 valence electrons. The Morgan fingerprint density at radius 2 is 1.59 bits per heavy atom. The third-order valence-corrected chi connectivity index (χ3v) is 8.34. The Morgan fingerprint density at radius 1 is 0.906 bits per heavy atom. The first kappa shape index (κ1) is 22.4. The van der Waals surface area contributed by atoms with Crippen LogP contribution < -0.4 is 15.6 Å². The molecule has 0 aliphatic heterocycles. The second-order valence-electron chi connectivity index (χ2n) is 7.97. The lowest BCUT2D eigenvalue weighted by Crippen LogP contribution is -2.45. The van der Waals surface area contributed by atoms with E-state index < -0.39 is 10.0 Å². The van der Waals surface area contributed by atoms with Gasteiger partial charge in [0.2, 0.25) is 15.9 Å². The second kappa shape index (κ2) is 9.81. The van der Waals surface area contributed by atoms with Gasteiger partial charge in [-0.2, -0.15) is 0 Å². The SMILES string of the molecule is O=C(NNC(=O)C1CCC(CNS(=O)(=O)c2ccccc2)CC1)c1cc2ccccc2s1. The number of benzene rings is 2. The topological polar surface area (TPSA) is 104 Å². The van der Waals surface area contributed by atoms with E-state index in [4.69, 9.17) is 0 Å². The van der Waals surface area contributed by atoms with Gasteiger partial charge in [-0.1, -0.05) is 36.4 Å². The van der Waals surface area contributed by atoms with E-state index >= 15 is 0 Å². The Balaban J connectivity index is 1.22. The van der Waals surface area contributed by atoms with Crippen LogP contribution in [0.25, 0.3) is 10.1 Å². The summed E-state index contributed by atoms with van der Waals surface area (Å²) in [6.45, 7) is 0.355. The maximum Gasteiger partial charge on any atom is 0.279 e. The molecular weight excluding hydrogens is 446 g/mol. The Hall–Kier alpha value is -2.75. The highest BCUT2D eigenvalue weighted by Crippen LogP contribution is 2.29. The highest BCUT2D eigenvalue weighted by atomic mass is 32.2. The fourth-order valence-corrected chi connectivity index (χ4v) is 6.01. The lowest BCUT2D eigenvalue weighted by atomic mass is 9.82. The molecule has 32 heavy (non-hydrogen) atoms. The third-order valence-electron chi connectivity index (χ3n) is 5.78. The van der Waals surface area contributed by atoms with Crippen molar-refractivity contribution >= 4 is 43.3 Å². The quantitative estimate of drug-likeness (QED) is 0.479. The van der Waals surface area contributed by atoms with Crippen molar-refractivity contribution < 1.29 is 18.0 Å². The van der Waals surface area contributed by atoms with E-state index in [9.17, 15) is 18.0 Å². The summed E-state index contributed by atoms with van der Waals surface area (Å²) in [5.74, 6) is -0.545. The van der Waals surface area contributed by atoms with Crippen molar-refractivity contribution in [3.05, 3.63) is 65.5 Å². The van der Waals surface area contributed by atoms with Crippen LogP contribution in [0.1, 0.15) is 35.4 Å². The van der Waals surface area contributed by atoms with Gasteiger partial charge in [0.25, 0.3) is 5.91 Å². The number of amides is 2. The van der Waals surface area contributed by atoms with E-state index in [0.717, 1.165) is 22.9 Å². The van der Waals surface area contributed by atoms with Crippen molar-refractivity contribution in [3.8, 4) is 0 Å². The Kier molecular flexibility index (Phi) is 6.88. The molecule has 2 amide bonds. The number of hydrogen-bond acceptors (Lipinski definition) is 5. The molecule has 1 aliphatic rings. The molecule has 1 aliphatic carbocycles. The second-order valence-corrected chi connectivity index (χ2v) is 10.8. The van der Waals surface area contributed by atoms with Crippen molar-refractivity contribution in [2.75, 3.05) is 6.54 Å². The molecule has 1 saturated carbocycles. The minimum absolute atomic E-state index is 0.186. The number of hydrogen-bond donors (Lipinski definition) is 3. The summed E-state index contributed by atoms with van der Waals surface area (Å²) in [7, 11) is -3.52. The van der Waals surface area contributed by atoms with E-state index in [-0.39, 0.29) is 28.5 Å². The lowest BCUT2D eigenvalue weighted by molar-refractivity contribution is -0.127. The van der Waals surface area contributed by atoms with Crippen molar-refractivity contribution in [1.82, 2.24) is 15.6 Å². The van der Waals surface area contributed by atoms with Crippen LogP contribution in [-0.2, 0) is 14.8 Å². The Labute approximate surface area is 191 Å². The molecule has 0 atom stereocenters. The standard InChI is InChI=1S/C23H25N3O4S2/c27-22(25-26-23(28)21-14-18-6-4-5-9-20(18)31-21)17-12-10-16(11-13-17)15-24-32(29,30)19-7-2-1-3-8-19/h1-9,14,16-17,24H,10-13,15H2,(H,25,27)(H,26,28). The zero-order valence-electron chi connectivity index (χ0n) is 17.4. The minimum atomic E-state index is -3.52. The first-order valence-electron chi connectivity index (χ1n) is 10.6. The van der Waals surface area contributed by atoms with Gasteiger partial charge in [-0.15, -0.1) is 11.3 Å². The van der Waals surface area contributed by atoms with Gasteiger partial charge < -0.3 is 0 Å². The highest BCUT2D eigenvalue weighted by Gasteiger charge is 2.27. The molecule has 2 aromatic carbocycles. The third kappa shape index (κ3) is 5.35. The number of thiophene rings is 1. The first-order valence-corrected chi connectivity index (χ1v) is 12.9. The number of rotatable bonds is 6. The average Bonchev–Trinajstić information content (AvgIpc) is 3.26. The van der Waals surface area contributed by atoms with Crippen LogP contribution in [0.3, 0.4) is 0 Å². The number of fused-ring (bicyclic) bond motifs is 1. The normalized spacial score (nSPS) is 18.9. The molecular formula is C23H25N3O4S2. The largest absolute Gasteiger partial charge is 0.279 e. The van der Waals surface area contributed by atoms with E-state index in [2.05, 4.69) is 15.6 Å². The summed E-state index contributed by atoms with van der Waals surface area (Å²) in [5, 5.41) is 0.996. The zero-order valence-corrected chi connectivity index (χ0v) is 19.0. The van der Waals surface area contributed by atoms with Crippen molar-refractivity contribution in [2.24, 2.45) is 11.8 Å². The van der Waals surface area contributed by atoms with Crippen LogP contribution in [-0.4, -0.2) is 26.8 Å². The monoisotopic (exact) mass is 471 g/mol. The maximum absolute atomic E-state index is 12.5. The van der Waals surface area contributed by atoms with Crippen LogP contribution in [0.5, 0.6) is 0 Å². The van der Waals surface area contributed by atoms with Crippen molar-refractivity contribution in [1.29, 1.82) is 0 Å². The summed E-state index contributed by atoms with van der Waals surface area (Å²) in [6, 6.07) is 17.8. The molecule has 0 saturated heterocycles. The smallest absolute Gasteiger partial charge is 0.273 e. The minimum Gasteiger partial charge on any atom is -0.273 e. The van der Waals surface area contributed by atoms with Crippen molar-refractivity contribution in [3.63, 3.8) is 0 Å². The number of nitrogens with one attached hydrogen (secondary N) is 3. The molecule has 3 aromatic rings. The number of hydrazine groups is 1. The average molecular weight is 472 g/mol. The van der Waals surface area contributed by atoms with Gasteiger partial charge in [-0.3, -0.25) is 20.4 Å². The Morgan fingerprint density at radius 3 is 2.31 bits per heavy atom. The summed E-state index contributed by atoms with van der Waals surface area (Å²) in [4.78, 5) is 25.6. The van der Waals surface area contributed by atoms with Gasteiger partial charge >= 0.3 is 0 Å². The molecule has 4 rings (SSSR count). The fraction of sp³-hybridized carbons (Fsp3) is 0.304. The number of carbonyl (C=O) groups excluding carboxylic acids is 2. The van der Waals surface area contributed by atoms with Gasteiger partial charge in [-0.25, -0.2) is 13.1 Å². The zero-order chi connectivity index (χ0) is 22.6. The van der Waals surface area contributed by atoms with E-state index in [1.165, 1.54) is 11.3 Å². The highest BCUT2D eigenvalue weighted by molar-refractivity contribution is 7.89. The molecule has 1 heterocycles. The van der Waals surface area contributed by atoms with Crippen LogP contribution in [0.4, 0.5) is 0 Å². The van der Waals surface area contributed by atoms with E-state index in [1.54, 1.807) is 30.3 Å². The first-order chi connectivity index (χ1) is 15.4. The van der Waals surface area contributed by atoms with Crippen LogP contribution in [0.2, 0.25) is 0 Å². The maximum atomic E-state index is 12.5. The molecule has 0 bridgehead atoms. The van der Waals surface area contributed by atoms with Crippen LogP contribution in [0, 0.1) is 11.8 Å². The summed E-state index contributed by atoms with van der Waals surface area (Å²) >= 11 is 1.38. The summed E-state index contributed by atoms with van der Waals surface area (Å²) < 4.78 is 28.4. The molecule has 1 fully saturated rings. The molecule has 7 nitrogen and oxygen atoms in total. The Bertz CT molecular complexity index is 1170. The molecule has 9 heteroatoms. The predicted molar refractivity (Wildman–Crippen MR) is 125 cm³/mol. The molecule has 0 spiro atoms. The molecule has 1 aromatic heterocycles. The van der Waals surface area contributed by atoms with Crippen LogP contribution >= 0.6 is 11.3 Å². The summed E-state index contributed by atoms with van der Waals surface area (Å²) in [5.41, 5.74) is 5.06. The fourth-order valence-electron chi connectivity index (χ4n) is 3.92. The summed E-state index contributed by atoms with van der Waals surface area (Å²) in [6.07, 6.45) is 2.81. The van der Waals surface area contributed by atoms with Gasteiger partial charge in [0.15, 0.2) is 0 Å². The molecule has 3 N–H and O–H groups in total. The van der Waals surface area contributed by atoms with Gasteiger partial charge in [0.05, 0.1) is 9.77 Å². The molecule has 0 unspecified atom stereocenters. The van der Waals surface area contributed by atoms with Gasteiger partial charge in [0, 0.05) is 17.2 Å². The predicted octanol–water partition coefficient (Wildman–Crippen LogP) is 3.45. The van der Waals surface area contributed by atoms with Crippen molar-refractivity contribution in [2.45, 2.75) is 30.6 Å². The number of sulfonamides is 1. The van der Waals surface area contributed by atoms with Gasteiger partial charge in [0.1, 0.15) is 0 Å². The molecule has 0 radical (unpaired) electrons. The van der Waals surface area contributed by atoms with Crippen LogP contribution in [0.15, 0.2) is 65.6 Å². The number of carbonyl (C=O) groups is 2. The van der Waals surface area contributed by atoms with E-state index in [1.807, 2.05) is 30.3 Å².